The Bertz CT molecular complexity index is 1130. The number of benzene rings is 3. The third-order valence-corrected chi connectivity index (χ3v) is 6.42. The number of hydrogen-bond acceptors (Lipinski definition) is 3. The first kappa shape index (κ1) is 21.9. The van der Waals surface area contributed by atoms with Crippen LogP contribution in [0.15, 0.2) is 77.7 Å². The van der Waals surface area contributed by atoms with E-state index >= 15 is 0 Å². The zero-order valence-corrected chi connectivity index (χ0v) is 18.3. The molecule has 5 nitrogen and oxygen atoms in total. The van der Waals surface area contributed by atoms with E-state index in [-0.39, 0.29) is 27.6 Å². The van der Waals surface area contributed by atoms with Gasteiger partial charge in [0.1, 0.15) is 0 Å². The molecule has 1 atom stereocenters. The average molecular weight is 443 g/mol. The fourth-order valence-corrected chi connectivity index (χ4v) is 4.39. The lowest BCUT2D eigenvalue weighted by atomic mass is 10.0. The lowest BCUT2D eigenvalue weighted by Gasteiger charge is -2.18. The summed E-state index contributed by atoms with van der Waals surface area (Å²) < 4.78 is 27.4. The molecule has 0 spiro atoms. The number of halogens is 1. The zero-order chi connectivity index (χ0) is 21.7. The van der Waals surface area contributed by atoms with Gasteiger partial charge >= 0.3 is 0 Å². The molecular weight excluding hydrogens is 420 g/mol. The van der Waals surface area contributed by atoms with Crippen molar-refractivity contribution in [3.05, 3.63) is 94.5 Å². The minimum absolute atomic E-state index is 0.131. The minimum Gasteiger partial charge on any atom is -0.345 e. The van der Waals surface area contributed by atoms with Gasteiger partial charge in [0.05, 0.1) is 21.6 Å². The highest BCUT2D eigenvalue weighted by Gasteiger charge is 2.18. The van der Waals surface area contributed by atoms with E-state index in [1.807, 2.05) is 38.1 Å². The predicted octanol–water partition coefficient (Wildman–Crippen LogP) is 5.33. The summed E-state index contributed by atoms with van der Waals surface area (Å²) >= 11 is 6.26. The normalized spacial score (nSPS) is 12.2. The van der Waals surface area contributed by atoms with Crippen LogP contribution in [0.1, 0.15) is 40.9 Å². The van der Waals surface area contributed by atoms with Gasteiger partial charge in [-0.1, -0.05) is 66.6 Å². The fraction of sp³-hybridized carbons (Fsp3) is 0.174. The molecule has 0 radical (unpaired) electrons. The highest BCUT2D eigenvalue weighted by Crippen LogP contribution is 2.26. The largest absolute Gasteiger partial charge is 0.345 e. The molecular formula is C23H23ClN2O3S. The third kappa shape index (κ3) is 5.20. The Morgan fingerprint density at radius 2 is 1.67 bits per heavy atom. The molecule has 0 saturated heterocycles. The average Bonchev–Trinajstić information content (AvgIpc) is 2.74. The minimum atomic E-state index is -3.77. The Hall–Kier alpha value is -2.83. The molecule has 0 aromatic heterocycles. The molecule has 0 saturated carbocycles. The number of hydrogen-bond donors (Lipinski definition) is 2. The molecule has 0 heterocycles. The van der Waals surface area contributed by atoms with Crippen molar-refractivity contribution in [3.8, 4) is 0 Å². The lowest BCUT2D eigenvalue weighted by Crippen LogP contribution is -2.28. The second kappa shape index (κ2) is 9.32. The van der Waals surface area contributed by atoms with Crippen molar-refractivity contribution < 1.29 is 13.2 Å². The van der Waals surface area contributed by atoms with Crippen LogP contribution in [0.2, 0.25) is 5.02 Å². The van der Waals surface area contributed by atoms with Gasteiger partial charge in [0.2, 0.25) is 0 Å². The van der Waals surface area contributed by atoms with Crippen LogP contribution in [0.4, 0.5) is 5.69 Å². The second-order valence-corrected chi connectivity index (χ2v) is 9.05. The van der Waals surface area contributed by atoms with Crippen molar-refractivity contribution in [2.24, 2.45) is 0 Å². The van der Waals surface area contributed by atoms with Gasteiger partial charge in [-0.3, -0.25) is 9.52 Å². The van der Waals surface area contributed by atoms with Crippen molar-refractivity contribution in [2.75, 3.05) is 4.72 Å². The molecule has 3 aromatic carbocycles. The van der Waals surface area contributed by atoms with Gasteiger partial charge in [0.15, 0.2) is 0 Å². The molecule has 3 aromatic rings. The smallest absolute Gasteiger partial charge is 0.261 e. The third-order valence-electron chi connectivity index (χ3n) is 4.72. The standard InChI is InChI=1S/C23H23ClN2O3S/c1-3-21(17-11-9-16(2)10-12-17)25-23(27)18-13-14-22(20(24)15-18)26-30(28,29)19-7-5-4-6-8-19/h4-15,21,26H,3H2,1-2H3,(H,25,27)/t21-/m1/s1. The molecule has 1 amide bonds. The van der Waals surface area contributed by atoms with Gasteiger partial charge in [-0.15, -0.1) is 0 Å². The van der Waals surface area contributed by atoms with Crippen molar-refractivity contribution >= 4 is 33.2 Å². The number of nitrogens with one attached hydrogen (secondary N) is 2. The number of anilines is 1. The maximum Gasteiger partial charge on any atom is 0.261 e. The van der Waals surface area contributed by atoms with Crippen molar-refractivity contribution in [1.29, 1.82) is 0 Å². The number of rotatable bonds is 7. The summed E-state index contributed by atoms with van der Waals surface area (Å²) in [4.78, 5) is 12.8. The van der Waals surface area contributed by atoms with E-state index in [0.717, 1.165) is 17.5 Å². The quantitative estimate of drug-likeness (QED) is 0.519. The van der Waals surface area contributed by atoms with E-state index in [1.165, 1.54) is 24.3 Å². The van der Waals surface area contributed by atoms with E-state index < -0.39 is 10.0 Å². The SMILES string of the molecule is CC[C@@H](NC(=O)c1ccc(NS(=O)(=O)c2ccccc2)c(Cl)c1)c1ccc(C)cc1. The summed E-state index contributed by atoms with van der Waals surface area (Å²) in [6.45, 7) is 4.01. The molecule has 3 rings (SSSR count). The van der Waals surface area contributed by atoms with Gasteiger partial charge in [-0.25, -0.2) is 8.42 Å². The molecule has 0 bridgehead atoms. The van der Waals surface area contributed by atoms with Gasteiger partial charge in [0, 0.05) is 5.56 Å². The van der Waals surface area contributed by atoms with Gasteiger partial charge in [-0.05, 0) is 49.2 Å². The van der Waals surface area contributed by atoms with E-state index in [9.17, 15) is 13.2 Å². The van der Waals surface area contributed by atoms with E-state index in [1.54, 1.807) is 24.3 Å². The van der Waals surface area contributed by atoms with Crippen LogP contribution >= 0.6 is 11.6 Å². The number of amides is 1. The molecule has 2 N–H and O–H groups in total. The van der Waals surface area contributed by atoms with Crippen LogP contribution in [-0.4, -0.2) is 14.3 Å². The molecule has 0 aliphatic rings. The summed E-state index contributed by atoms with van der Waals surface area (Å²) in [5.74, 6) is -0.276. The van der Waals surface area contributed by atoms with Crippen LogP contribution in [-0.2, 0) is 10.0 Å². The Balaban J connectivity index is 1.75. The number of carbonyl (C=O) groups is 1. The number of carbonyl (C=O) groups excluding carboxylic acids is 1. The van der Waals surface area contributed by atoms with Crippen LogP contribution in [0.25, 0.3) is 0 Å². The Morgan fingerprint density at radius 3 is 2.27 bits per heavy atom. The summed E-state index contributed by atoms with van der Waals surface area (Å²) in [6.07, 6.45) is 0.734. The number of aryl methyl sites for hydroxylation is 1. The molecule has 7 heteroatoms. The van der Waals surface area contributed by atoms with E-state index in [2.05, 4.69) is 10.0 Å². The first-order valence-corrected chi connectivity index (χ1v) is 11.4. The molecule has 0 aliphatic carbocycles. The monoisotopic (exact) mass is 442 g/mol. The van der Waals surface area contributed by atoms with Gasteiger partial charge in [-0.2, -0.15) is 0 Å². The second-order valence-electron chi connectivity index (χ2n) is 6.96. The van der Waals surface area contributed by atoms with Crippen molar-refractivity contribution in [1.82, 2.24) is 5.32 Å². The summed E-state index contributed by atoms with van der Waals surface area (Å²) in [7, 11) is -3.77. The zero-order valence-electron chi connectivity index (χ0n) is 16.7. The summed E-state index contributed by atoms with van der Waals surface area (Å²) in [5.41, 5.74) is 2.74. The highest BCUT2D eigenvalue weighted by atomic mass is 35.5. The van der Waals surface area contributed by atoms with Crippen molar-refractivity contribution in [2.45, 2.75) is 31.2 Å². The maximum absolute atomic E-state index is 12.7. The van der Waals surface area contributed by atoms with Crippen LogP contribution in [0.5, 0.6) is 0 Å². The molecule has 0 unspecified atom stereocenters. The van der Waals surface area contributed by atoms with Crippen LogP contribution in [0, 0.1) is 6.92 Å². The number of sulfonamides is 1. The van der Waals surface area contributed by atoms with E-state index in [4.69, 9.17) is 11.6 Å². The Kier molecular flexibility index (Phi) is 6.80. The summed E-state index contributed by atoms with van der Waals surface area (Å²) in [6, 6.07) is 20.4. The first-order chi connectivity index (χ1) is 14.3. The van der Waals surface area contributed by atoms with E-state index in [0.29, 0.717) is 5.56 Å². The lowest BCUT2D eigenvalue weighted by molar-refractivity contribution is 0.0935. The van der Waals surface area contributed by atoms with Crippen LogP contribution < -0.4 is 10.0 Å². The predicted molar refractivity (Wildman–Crippen MR) is 120 cm³/mol. The topological polar surface area (TPSA) is 75.3 Å². The Labute approximate surface area is 182 Å². The van der Waals surface area contributed by atoms with Crippen molar-refractivity contribution in [3.63, 3.8) is 0 Å². The van der Waals surface area contributed by atoms with Gasteiger partial charge < -0.3 is 5.32 Å². The molecule has 0 aliphatic heterocycles. The maximum atomic E-state index is 12.7. The summed E-state index contributed by atoms with van der Waals surface area (Å²) in [5, 5.41) is 3.15. The van der Waals surface area contributed by atoms with Gasteiger partial charge in [0.25, 0.3) is 15.9 Å². The Morgan fingerprint density at radius 1 is 1.00 bits per heavy atom. The van der Waals surface area contributed by atoms with Crippen LogP contribution in [0.3, 0.4) is 0 Å². The fourth-order valence-electron chi connectivity index (χ4n) is 3.00. The molecule has 0 fully saturated rings. The first-order valence-electron chi connectivity index (χ1n) is 9.55. The molecule has 30 heavy (non-hydrogen) atoms. The molecule has 156 valence electrons. The highest BCUT2D eigenvalue weighted by molar-refractivity contribution is 7.92.